The number of halogens is 1. The van der Waals surface area contributed by atoms with Crippen LogP contribution in [-0.4, -0.2) is 26.4 Å². The Hall–Kier alpha value is -0.910. The van der Waals surface area contributed by atoms with Crippen LogP contribution < -0.4 is 0 Å². The van der Waals surface area contributed by atoms with Crippen LogP contribution in [0.5, 0.6) is 0 Å². The summed E-state index contributed by atoms with van der Waals surface area (Å²) in [6.45, 7) is 2.05. The van der Waals surface area contributed by atoms with Gasteiger partial charge in [0.15, 0.2) is 0 Å². The van der Waals surface area contributed by atoms with Crippen molar-refractivity contribution in [3.63, 3.8) is 0 Å². The third kappa shape index (κ3) is 2.01. The Balaban J connectivity index is 2.69. The maximum atomic E-state index is 10.9. The van der Waals surface area contributed by atoms with Crippen LogP contribution in [0.2, 0.25) is 0 Å². The summed E-state index contributed by atoms with van der Waals surface area (Å²) in [7, 11) is 0. The van der Waals surface area contributed by atoms with E-state index in [9.17, 15) is 4.79 Å². The fourth-order valence-corrected chi connectivity index (χ4v) is 0.775. The first-order valence-electron chi connectivity index (χ1n) is 2.99. The van der Waals surface area contributed by atoms with Gasteiger partial charge in [-0.25, -0.2) is 9.78 Å². The van der Waals surface area contributed by atoms with Crippen LogP contribution in [-0.2, 0) is 4.74 Å². The number of aromatic nitrogens is 3. The van der Waals surface area contributed by atoms with Crippen molar-refractivity contribution < 1.29 is 9.53 Å². The van der Waals surface area contributed by atoms with E-state index in [0.29, 0.717) is 6.61 Å². The third-order valence-corrected chi connectivity index (χ3v) is 1.27. The zero-order valence-corrected chi connectivity index (χ0v) is 7.41. The molecule has 0 bridgehead atoms. The highest BCUT2D eigenvalue weighted by Gasteiger charge is 2.10. The molecule has 0 saturated carbocycles. The molecule has 1 aromatic heterocycles. The van der Waals surface area contributed by atoms with Gasteiger partial charge in [0.1, 0.15) is 6.33 Å². The summed E-state index contributed by atoms with van der Waals surface area (Å²) in [6.07, 6.45) is 1.37. The molecule has 5 nitrogen and oxygen atoms in total. The highest BCUT2D eigenvalue weighted by atomic mass is 79.9. The number of hydrogen-bond donors (Lipinski definition) is 0. The first-order valence-corrected chi connectivity index (χ1v) is 3.70. The molecule has 0 atom stereocenters. The molecule has 0 aliphatic carbocycles. The topological polar surface area (TPSA) is 57.0 Å². The van der Waals surface area contributed by atoms with E-state index in [1.54, 1.807) is 6.92 Å². The standard InChI is InChI=1S/C5H6BrN3O2/c1-2-11-5(10)4-7-3-9(6)8-4/h3H,2H2,1H3. The van der Waals surface area contributed by atoms with Crippen LogP contribution in [0.25, 0.3) is 0 Å². The summed E-state index contributed by atoms with van der Waals surface area (Å²) in [5.74, 6) is -0.450. The number of hydrogen-bond acceptors (Lipinski definition) is 4. The Morgan fingerprint density at radius 3 is 3.09 bits per heavy atom. The molecule has 0 fully saturated rings. The summed E-state index contributed by atoms with van der Waals surface area (Å²) < 4.78 is 5.91. The molecule has 0 aromatic carbocycles. The molecule has 1 aromatic rings. The van der Waals surface area contributed by atoms with Gasteiger partial charge in [-0.05, 0) is 6.92 Å². The van der Waals surface area contributed by atoms with Gasteiger partial charge in [-0.15, -0.1) is 5.10 Å². The van der Waals surface area contributed by atoms with Crippen LogP contribution in [0.15, 0.2) is 6.33 Å². The van der Waals surface area contributed by atoms with Crippen molar-refractivity contribution in [1.29, 1.82) is 0 Å². The van der Waals surface area contributed by atoms with Crippen molar-refractivity contribution in [2.24, 2.45) is 0 Å². The molecule has 0 aliphatic rings. The fourth-order valence-electron chi connectivity index (χ4n) is 0.534. The monoisotopic (exact) mass is 219 g/mol. The molecule has 0 N–H and O–H groups in total. The molecule has 0 spiro atoms. The van der Waals surface area contributed by atoms with Gasteiger partial charge in [-0.3, -0.25) is 0 Å². The van der Waals surface area contributed by atoms with Gasteiger partial charge >= 0.3 is 5.97 Å². The lowest BCUT2D eigenvalue weighted by atomic mass is 10.6. The Morgan fingerprint density at radius 1 is 1.91 bits per heavy atom. The van der Waals surface area contributed by atoms with Gasteiger partial charge in [-0.1, -0.05) is 0 Å². The van der Waals surface area contributed by atoms with Crippen molar-refractivity contribution in [1.82, 2.24) is 13.8 Å². The summed E-state index contributed by atoms with van der Waals surface area (Å²) in [6, 6.07) is 0. The molecule has 0 aliphatic heterocycles. The fraction of sp³-hybridized carbons (Fsp3) is 0.400. The normalized spacial score (nSPS) is 9.64. The lowest BCUT2D eigenvalue weighted by Gasteiger charge is -1.93. The Bertz CT molecular complexity index is 260. The molecule has 1 heterocycles. The quantitative estimate of drug-likeness (QED) is 0.685. The molecule has 60 valence electrons. The molecular formula is C5H6BrN3O2. The minimum Gasteiger partial charge on any atom is -0.460 e. The predicted octanol–water partition coefficient (Wildman–Crippen LogP) is 0.613. The summed E-state index contributed by atoms with van der Waals surface area (Å²) >= 11 is 2.99. The summed E-state index contributed by atoms with van der Waals surface area (Å²) in [4.78, 5) is 14.5. The lowest BCUT2D eigenvalue weighted by Crippen LogP contribution is -2.06. The van der Waals surface area contributed by atoms with Crippen molar-refractivity contribution in [3.05, 3.63) is 12.2 Å². The van der Waals surface area contributed by atoms with E-state index < -0.39 is 5.97 Å². The SMILES string of the molecule is CCOC(=O)c1ncn(Br)n1. The van der Waals surface area contributed by atoms with Crippen molar-refractivity contribution in [2.45, 2.75) is 6.92 Å². The summed E-state index contributed by atoms with van der Waals surface area (Å²) in [5, 5.41) is 3.68. The van der Waals surface area contributed by atoms with E-state index in [1.165, 1.54) is 10.0 Å². The van der Waals surface area contributed by atoms with Crippen LogP contribution >= 0.6 is 16.1 Å². The van der Waals surface area contributed by atoms with Gasteiger partial charge in [0.25, 0.3) is 5.82 Å². The molecule has 11 heavy (non-hydrogen) atoms. The Labute approximate surface area is 71.7 Å². The van der Waals surface area contributed by atoms with Gasteiger partial charge in [0, 0.05) is 0 Å². The largest absolute Gasteiger partial charge is 0.460 e. The minimum absolute atomic E-state index is 0.0590. The molecule has 0 radical (unpaired) electrons. The maximum Gasteiger partial charge on any atom is 0.378 e. The summed E-state index contributed by atoms with van der Waals surface area (Å²) in [5.41, 5.74) is 0. The van der Waals surface area contributed by atoms with Gasteiger partial charge in [-0.2, -0.15) is 3.71 Å². The first kappa shape index (κ1) is 8.19. The van der Waals surface area contributed by atoms with Crippen molar-refractivity contribution >= 4 is 22.1 Å². The molecule has 0 saturated heterocycles. The molecule has 1 rings (SSSR count). The van der Waals surface area contributed by atoms with Gasteiger partial charge < -0.3 is 4.74 Å². The van der Waals surface area contributed by atoms with E-state index in [0.717, 1.165) is 0 Å². The number of nitrogens with zero attached hydrogens (tertiary/aromatic N) is 3. The predicted molar refractivity (Wildman–Crippen MR) is 40.3 cm³/mol. The van der Waals surface area contributed by atoms with Crippen LogP contribution in [0.4, 0.5) is 0 Å². The van der Waals surface area contributed by atoms with E-state index in [4.69, 9.17) is 0 Å². The molecule has 0 unspecified atom stereocenters. The second-order valence-electron chi connectivity index (χ2n) is 1.68. The van der Waals surface area contributed by atoms with E-state index >= 15 is 0 Å². The zero-order chi connectivity index (χ0) is 8.27. The first-order chi connectivity index (χ1) is 5.24. The second kappa shape index (κ2) is 3.47. The highest BCUT2D eigenvalue weighted by Crippen LogP contribution is 1.95. The smallest absolute Gasteiger partial charge is 0.378 e. The average Bonchev–Trinajstić information content (AvgIpc) is 2.36. The van der Waals surface area contributed by atoms with E-state index in [1.807, 2.05) is 0 Å². The Morgan fingerprint density at radius 2 is 2.64 bits per heavy atom. The molecule has 6 heteroatoms. The van der Waals surface area contributed by atoms with E-state index in [2.05, 4.69) is 31.0 Å². The van der Waals surface area contributed by atoms with E-state index in [-0.39, 0.29) is 5.82 Å². The van der Waals surface area contributed by atoms with Crippen molar-refractivity contribution in [3.8, 4) is 0 Å². The number of carbonyl (C=O) groups excluding carboxylic acids is 1. The van der Waals surface area contributed by atoms with Gasteiger partial charge in [0.2, 0.25) is 0 Å². The lowest BCUT2D eigenvalue weighted by molar-refractivity contribution is 0.0512. The second-order valence-corrected chi connectivity index (χ2v) is 2.40. The third-order valence-electron chi connectivity index (χ3n) is 0.924. The van der Waals surface area contributed by atoms with Crippen LogP contribution in [0.1, 0.15) is 17.5 Å². The van der Waals surface area contributed by atoms with Crippen LogP contribution in [0, 0.1) is 0 Å². The number of rotatable bonds is 2. The average molecular weight is 220 g/mol. The van der Waals surface area contributed by atoms with Crippen molar-refractivity contribution in [2.75, 3.05) is 6.61 Å². The highest BCUT2D eigenvalue weighted by molar-refractivity contribution is 9.08. The number of carbonyl (C=O) groups is 1. The number of esters is 1. The molecular weight excluding hydrogens is 214 g/mol. The van der Waals surface area contributed by atoms with Crippen LogP contribution in [0.3, 0.4) is 0 Å². The molecule has 0 amide bonds. The zero-order valence-electron chi connectivity index (χ0n) is 5.82. The minimum atomic E-state index is -0.509. The van der Waals surface area contributed by atoms with Gasteiger partial charge in [0.05, 0.1) is 22.8 Å². The Kier molecular flexibility index (Phi) is 2.58. The number of ether oxygens (including phenoxy) is 1. The maximum absolute atomic E-state index is 10.9.